The van der Waals surface area contributed by atoms with Gasteiger partial charge in [-0.3, -0.25) is 4.79 Å². The molecule has 0 aromatic carbocycles. The molecule has 2 amide bonds. The van der Waals surface area contributed by atoms with Crippen LogP contribution in [0.4, 0.5) is 18.0 Å². The number of alkyl halides is 3. The zero-order chi connectivity index (χ0) is 17.1. The van der Waals surface area contributed by atoms with Crippen LogP contribution in [-0.4, -0.2) is 46.8 Å². The van der Waals surface area contributed by atoms with E-state index >= 15 is 0 Å². The first-order chi connectivity index (χ1) is 9.24. The topological polar surface area (TPSA) is 69.6 Å². The van der Waals surface area contributed by atoms with Crippen molar-refractivity contribution in [3.8, 4) is 0 Å². The lowest BCUT2D eigenvalue weighted by Crippen LogP contribution is -2.60. The van der Waals surface area contributed by atoms with Crippen molar-refractivity contribution in [1.29, 1.82) is 0 Å². The summed E-state index contributed by atoms with van der Waals surface area (Å²) in [6.07, 6.45) is -4.13. The third-order valence-corrected chi connectivity index (χ3v) is 3.67. The van der Waals surface area contributed by atoms with Crippen molar-refractivity contribution in [2.75, 3.05) is 13.1 Å². The maximum Gasteiger partial charge on any atom is 0.406 e. The predicted octanol–water partition coefficient (Wildman–Crippen LogP) is 2.86. The second-order valence-electron chi connectivity index (χ2n) is 6.02. The number of halogens is 3. The number of nitrogens with one attached hydrogen (secondary N) is 1. The van der Waals surface area contributed by atoms with Crippen LogP contribution in [-0.2, 0) is 4.79 Å². The molecule has 124 valence electrons. The Kier molecular flexibility index (Phi) is 6.07. The minimum Gasteiger partial charge on any atom is -0.481 e. The zero-order valence-electron chi connectivity index (χ0n) is 13.0. The Morgan fingerprint density at radius 3 is 1.95 bits per heavy atom. The fourth-order valence-electron chi connectivity index (χ4n) is 1.51. The molecule has 0 aliphatic heterocycles. The van der Waals surface area contributed by atoms with E-state index in [-0.39, 0.29) is 6.54 Å². The van der Waals surface area contributed by atoms with Gasteiger partial charge in [0.05, 0.1) is 11.0 Å². The highest BCUT2D eigenvalue weighted by molar-refractivity contribution is 5.79. The fraction of sp³-hybridized carbons (Fsp3) is 0.846. The van der Waals surface area contributed by atoms with Crippen molar-refractivity contribution >= 4 is 12.0 Å². The Morgan fingerprint density at radius 1 is 1.14 bits per heavy atom. The summed E-state index contributed by atoms with van der Waals surface area (Å²) >= 11 is 0. The molecule has 0 aromatic heterocycles. The number of carboxylic acid groups (broad SMARTS) is 1. The van der Waals surface area contributed by atoms with Crippen molar-refractivity contribution in [3.05, 3.63) is 0 Å². The molecule has 0 rings (SSSR count). The molecule has 0 saturated heterocycles. The summed E-state index contributed by atoms with van der Waals surface area (Å²) in [6.45, 7) is 5.98. The van der Waals surface area contributed by atoms with Gasteiger partial charge < -0.3 is 15.3 Å². The highest BCUT2D eigenvalue weighted by Gasteiger charge is 2.45. The molecule has 0 unspecified atom stereocenters. The summed E-state index contributed by atoms with van der Waals surface area (Å²) in [4.78, 5) is 23.9. The Hall–Kier alpha value is -1.47. The number of carbonyl (C=O) groups excluding carboxylic acids is 1. The van der Waals surface area contributed by atoms with Crippen LogP contribution in [0.25, 0.3) is 0 Å². The molecule has 0 fully saturated rings. The first kappa shape index (κ1) is 19.5. The Morgan fingerprint density at radius 2 is 1.62 bits per heavy atom. The number of carboxylic acids is 1. The first-order valence-electron chi connectivity index (χ1n) is 6.62. The molecule has 0 bridgehead atoms. The van der Waals surface area contributed by atoms with Gasteiger partial charge in [-0.25, -0.2) is 4.79 Å². The number of hydrogen-bond acceptors (Lipinski definition) is 2. The third-order valence-electron chi connectivity index (χ3n) is 3.67. The standard InChI is InChI=1S/C13H23F3N2O3/c1-6-7-18(8-13(14,15)16)10(21)17-12(4,5)11(2,3)9(19)20/h6-8H2,1-5H3,(H,17,21)(H,19,20). The molecule has 0 atom stereocenters. The van der Waals surface area contributed by atoms with Crippen molar-refractivity contribution in [1.82, 2.24) is 10.2 Å². The van der Waals surface area contributed by atoms with Crippen molar-refractivity contribution in [3.63, 3.8) is 0 Å². The molecular weight excluding hydrogens is 289 g/mol. The number of rotatable bonds is 6. The highest BCUT2D eigenvalue weighted by atomic mass is 19.4. The largest absolute Gasteiger partial charge is 0.481 e. The summed E-state index contributed by atoms with van der Waals surface area (Å²) in [5, 5.41) is 11.6. The second kappa shape index (κ2) is 6.53. The van der Waals surface area contributed by atoms with E-state index in [1.54, 1.807) is 6.92 Å². The lowest BCUT2D eigenvalue weighted by Gasteiger charge is -2.40. The third kappa shape index (κ3) is 5.43. The average Bonchev–Trinajstić information content (AvgIpc) is 2.25. The van der Waals surface area contributed by atoms with Gasteiger partial charge in [-0.05, 0) is 34.1 Å². The molecule has 0 saturated carbocycles. The molecule has 2 N–H and O–H groups in total. The van der Waals surface area contributed by atoms with Crippen LogP contribution in [0.15, 0.2) is 0 Å². The summed E-state index contributed by atoms with van der Waals surface area (Å²) in [7, 11) is 0. The van der Waals surface area contributed by atoms with E-state index in [2.05, 4.69) is 5.32 Å². The summed E-state index contributed by atoms with van der Waals surface area (Å²) in [6, 6.07) is -0.923. The maximum absolute atomic E-state index is 12.5. The van der Waals surface area contributed by atoms with Crippen LogP contribution in [0.1, 0.15) is 41.0 Å². The van der Waals surface area contributed by atoms with Gasteiger partial charge in [0.1, 0.15) is 6.54 Å². The number of urea groups is 1. The van der Waals surface area contributed by atoms with Crippen molar-refractivity contribution in [2.24, 2.45) is 5.41 Å². The molecular formula is C13H23F3N2O3. The van der Waals surface area contributed by atoms with Crippen molar-refractivity contribution < 1.29 is 27.9 Å². The monoisotopic (exact) mass is 312 g/mol. The van der Waals surface area contributed by atoms with Gasteiger partial charge in [0, 0.05) is 6.54 Å². The van der Waals surface area contributed by atoms with Gasteiger partial charge in [0.15, 0.2) is 0 Å². The smallest absolute Gasteiger partial charge is 0.406 e. The first-order valence-corrected chi connectivity index (χ1v) is 6.62. The molecule has 21 heavy (non-hydrogen) atoms. The van der Waals surface area contributed by atoms with E-state index in [1.807, 2.05) is 0 Å². The van der Waals surface area contributed by atoms with Crippen LogP contribution in [0, 0.1) is 5.41 Å². The van der Waals surface area contributed by atoms with Crippen LogP contribution in [0.3, 0.4) is 0 Å². The van der Waals surface area contributed by atoms with Gasteiger partial charge >= 0.3 is 18.2 Å². The molecule has 0 aromatic rings. The normalized spacial score (nSPS) is 13.0. The number of nitrogens with zero attached hydrogens (tertiary/aromatic N) is 1. The lowest BCUT2D eigenvalue weighted by molar-refractivity contribution is -0.151. The Labute approximate surface area is 122 Å². The highest BCUT2D eigenvalue weighted by Crippen LogP contribution is 2.31. The number of amides is 2. The molecule has 0 heterocycles. The molecule has 8 heteroatoms. The lowest BCUT2D eigenvalue weighted by atomic mass is 9.74. The van der Waals surface area contributed by atoms with E-state index in [4.69, 9.17) is 0 Å². The molecule has 0 aliphatic carbocycles. The molecule has 0 radical (unpaired) electrons. The minimum atomic E-state index is -4.50. The molecule has 0 spiro atoms. The number of carbonyl (C=O) groups is 2. The van der Waals surface area contributed by atoms with E-state index in [0.717, 1.165) is 0 Å². The number of aliphatic carboxylic acids is 1. The van der Waals surface area contributed by atoms with E-state index in [0.29, 0.717) is 11.3 Å². The number of hydrogen-bond donors (Lipinski definition) is 2. The molecule has 0 aliphatic rings. The van der Waals surface area contributed by atoms with E-state index < -0.39 is 35.7 Å². The summed E-state index contributed by atoms with van der Waals surface area (Å²) in [5.74, 6) is -1.15. The van der Waals surface area contributed by atoms with Crippen molar-refractivity contribution in [2.45, 2.75) is 52.8 Å². The summed E-state index contributed by atoms with van der Waals surface area (Å²) in [5.41, 5.74) is -2.55. The predicted molar refractivity (Wildman–Crippen MR) is 71.9 cm³/mol. The minimum absolute atomic E-state index is 0.0606. The van der Waals surface area contributed by atoms with Crippen LogP contribution < -0.4 is 5.32 Å². The van der Waals surface area contributed by atoms with Gasteiger partial charge in [0.2, 0.25) is 0 Å². The Balaban J connectivity index is 5.10. The van der Waals surface area contributed by atoms with Crippen LogP contribution >= 0.6 is 0 Å². The van der Waals surface area contributed by atoms with Crippen LogP contribution in [0.2, 0.25) is 0 Å². The Bertz CT molecular complexity index is 393. The maximum atomic E-state index is 12.5. The average molecular weight is 312 g/mol. The second-order valence-corrected chi connectivity index (χ2v) is 6.02. The van der Waals surface area contributed by atoms with E-state index in [1.165, 1.54) is 27.7 Å². The fourth-order valence-corrected chi connectivity index (χ4v) is 1.51. The summed E-state index contributed by atoms with van der Waals surface area (Å²) < 4.78 is 37.4. The molecule has 5 nitrogen and oxygen atoms in total. The quantitative estimate of drug-likeness (QED) is 0.792. The van der Waals surface area contributed by atoms with Gasteiger partial charge in [-0.1, -0.05) is 6.92 Å². The van der Waals surface area contributed by atoms with Crippen LogP contribution in [0.5, 0.6) is 0 Å². The SMILES string of the molecule is CCCN(CC(F)(F)F)C(=O)NC(C)(C)C(C)(C)C(=O)O. The van der Waals surface area contributed by atoms with Gasteiger partial charge in [0.25, 0.3) is 0 Å². The van der Waals surface area contributed by atoms with Gasteiger partial charge in [-0.2, -0.15) is 13.2 Å². The van der Waals surface area contributed by atoms with E-state index in [9.17, 15) is 27.9 Å². The zero-order valence-corrected chi connectivity index (χ0v) is 13.0. The van der Waals surface area contributed by atoms with Gasteiger partial charge in [-0.15, -0.1) is 0 Å².